The molecule has 2 rings (SSSR count). The van der Waals surface area contributed by atoms with Gasteiger partial charge in [-0.25, -0.2) is 4.39 Å². The minimum absolute atomic E-state index is 0.140. The maximum absolute atomic E-state index is 13.5. The van der Waals surface area contributed by atoms with Crippen LogP contribution in [0.4, 0.5) is 4.39 Å². The molecule has 1 unspecified atom stereocenters. The number of hydrogen-bond acceptors (Lipinski definition) is 2. The van der Waals surface area contributed by atoms with Gasteiger partial charge in [-0.1, -0.05) is 24.3 Å². The first-order valence-corrected chi connectivity index (χ1v) is 7.71. The lowest BCUT2D eigenvalue weighted by molar-refractivity contribution is 0.411. The molecule has 21 heavy (non-hydrogen) atoms. The van der Waals surface area contributed by atoms with Crippen molar-refractivity contribution in [3.05, 3.63) is 63.9 Å². The number of hydrogen-bond donors (Lipinski definition) is 1. The zero-order valence-corrected chi connectivity index (χ0v) is 13.8. The number of rotatable bonds is 6. The molecule has 0 aromatic heterocycles. The Bertz CT molecular complexity index is 603. The zero-order valence-electron chi connectivity index (χ0n) is 12.2. The molecule has 0 aliphatic heterocycles. The molecule has 0 bridgehead atoms. The van der Waals surface area contributed by atoms with Crippen LogP contribution in [-0.2, 0) is 6.42 Å². The lowest BCUT2D eigenvalue weighted by Crippen LogP contribution is -2.21. The summed E-state index contributed by atoms with van der Waals surface area (Å²) in [6, 6.07) is 13.1. The van der Waals surface area contributed by atoms with E-state index in [0.717, 1.165) is 27.9 Å². The summed E-state index contributed by atoms with van der Waals surface area (Å²) in [5.74, 6) is 0.677. The number of benzene rings is 2. The highest BCUT2D eigenvalue weighted by Gasteiger charge is 2.08. The van der Waals surface area contributed by atoms with Crippen molar-refractivity contribution in [1.82, 2.24) is 5.32 Å². The SMILES string of the molecule is COc1ccc(C(C)NCCc2ccccc2F)cc1Br. The molecule has 0 heterocycles. The fourth-order valence-corrected chi connectivity index (χ4v) is 2.75. The van der Waals surface area contributed by atoms with Gasteiger partial charge in [0.1, 0.15) is 11.6 Å². The van der Waals surface area contributed by atoms with Crippen LogP contribution in [0.1, 0.15) is 24.1 Å². The Hall–Kier alpha value is -1.39. The molecular weight excluding hydrogens is 333 g/mol. The standard InChI is InChI=1S/C17H19BrFNO/c1-12(14-7-8-17(21-2)15(18)11-14)20-10-9-13-5-3-4-6-16(13)19/h3-8,11-12,20H,9-10H2,1-2H3. The first-order chi connectivity index (χ1) is 10.1. The molecule has 0 amide bonds. The topological polar surface area (TPSA) is 21.3 Å². The van der Waals surface area contributed by atoms with Crippen molar-refractivity contribution in [2.45, 2.75) is 19.4 Å². The van der Waals surface area contributed by atoms with Gasteiger partial charge in [-0.15, -0.1) is 0 Å². The second kappa shape index (κ2) is 7.57. The summed E-state index contributed by atoms with van der Waals surface area (Å²) in [7, 11) is 1.65. The maximum atomic E-state index is 13.5. The summed E-state index contributed by atoms with van der Waals surface area (Å²) in [4.78, 5) is 0. The van der Waals surface area contributed by atoms with Crippen LogP contribution >= 0.6 is 15.9 Å². The van der Waals surface area contributed by atoms with E-state index in [1.807, 2.05) is 30.3 Å². The van der Waals surface area contributed by atoms with Crippen molar-refractivity contribution in [1.29, 1.82) is 0 Å². The second-order valence-electron chi connectivity index (χ2n) is 4.91. The molecule has 0 radical (unpaired) electrons. The van der Waals surface area contributed by atoms with Gasteiger partial charge in [0.05, 0.1) is 11.6 Å². The molecule has 0 fully saturated rings. The van der Waals surface area contributed by atoms with Crippen molar-refractivity contribution >= 4 is 15.9 Å². The Morgan fingerprint density at radius 2 is 2.00 bits per heavy atom. The predicted molar refractivity (Wildman–Crippen MR) is 87.2 cm³/mol. The molecule has 2 aromatic carbocycles. The van der Waals surface area contributed by atoms with E-state index in [0.29, 0.717) is 6.42 Å². The molecule has 1 atom stereocenters. The Kier molecular flexibility index (Phi) is 5.76. The van der Waals surface area contributed by atoms with Gasteiger partial charge in [0.25, 0.3) is 0 Å². The molecule has 1 N–H and O–H groups in total. The highest BCUT2D eigenvalue weighted by Crippen LogP contribution is 2.27. The first kappa shape index (κ1) is 16.0. The van der Waals surface area contributed by atoms with Gasteiger partial charge >= 0.3 is 0 Å². The average Bonchev–Trinajstić information content (AvgIpc) is 2.49. The summed E-state index contributed by atoms with van der Waals surface area (Å²) in [5, 5.41) is 3.41. The third-order valence-electron chi connectivity index (χ3n) is 3.48. The van der Waals surface area contributed by atoms with Gasteiger partial charge < -0.3 is 10.1 Å². The van der Waals surface area contributed by atoms with Crippen molar-refractivity contribution in [2.24, 2.45) is 0 Å². The Labute approximate surface area is 133 Å². The first-order valence-electron chi connectivity index (χ1n) is 6.92. The normalized spacial score (nSPS) is 12.2. The number of methoxy groups -OCH3 is 1. The van der Waals surface area contributed by atoms with E-state index >= 15 is 0 Å². The third-order valence-corrected chi connectivity index (χ3v) is 4.10. The van der Waals surface area contributed by atoms with E-state index in [-0.39, 0.29) is 11.9 Å². The minimum atomic E-state index is -0.140. The monoisotopic (exact) mass is 351 g/mol. The molecule has 0 saturated carbocycles. The van der Waals surface area contributed by atoms with Crippen LogP contribution in [0.2, 0.25) is 0 Å². The molecule has 2 nitrogen and oxygen atoms in total. The van der Waals surface area contributed by atoms with E-state index in [1.165, 1.54) is 6.07 Å². The summed E-state index contributed by atoms with van der Waals surface area (Å²) < 4.78 is 19.7. The second-order valence-corrected chi connectivity index (χ2v) is 5.77. The zero-order chi connectivity index (χ0) is 15.2. The largest absolute Gasteiger partial charge is 0.496 e. The minimum Gasteiger partial charge on any atom is -0.496 e. The summed E-state index contributed by atoms with van der Waals surface area (Å²) >= 11 is 3.49. The van der Waals surface area contributed by atoms with E-state index in [9.17, 15) is 4.39 Å². The lowest BCUT2D eigenvalue weighted by atomic mass is 10.1. The highest BCUT2D eigenvalue weighted by molar-refractivity contribution is 9.10. The molecule has 4 heteroatoms. The number of nitrogens with one attached hydrogen (secondary N) is 1. The van der Waals surface area contributed by atoms with Crippen LogP contribution in [0, 0.1) is 5.82 Å². The van der Waals surface area contributed by atoms with Gasteiger partial charge in [0.2, 0.25) is 0 Å². The van der Waals surface area contributed by atoms with Crippen molar-refractivity contribution in [3.63, 3.8) is 0 Å². The van der Waals surface area contributed by atoms with Gasteiger partial charge in [-0.3, -0.25) is 0 Å². The average molecular weight is 352 g/mol. The highest BCUT2D eigenvalue weighted by atomic mass is 79.9. The molecular formula is C17H19BrFNO. The molecule has 0 saturated heterocycles. The van der Waals surface area contributed by atoms with Crippen LogP contribution in [0.3, 0.4) is 0 Å². The molecule has 0 spiro atoms. The number of ether oxygens (including phenoxy) is 1. The summed E-state index contributed by atoms with van der Waals surface area (Å²) in [6.07, 6.45) is 0.675. The van der Waals surface area contributed by atoms with Crippen molar-refractivity contribution < 1.29 is 9.13 Å². The van der Waals surface area contributed by atoms with E-state index in [1.54, 1.807) is 13.2 Å². The van der Waals surface area contributed by atoms with Crippen molar-refractivity contribution in [2.75, 3.05) is 13.7 Å². The van der Waals surface area contributed by atoms with Crippen LogP contribution in [0.15, 0.2) is 46.9 Å². The number of halogens is 2. The van der Waals surface area contributed by atoms with Gasteiger partial charge in [-0.05, 0) is 65.1 Å². The van der Waals surface area contributed by atoms with Crippen LogP contribution in [-0.4, -0.2) is 13.7 Å². The molecule has 0 aliphatic rings. The molecule has 2 aromatic rings. The van der Waals surface area contributed by atoms with Crippen LogP contribution in [0.25, 0.3) is 0 Å². The van der Waals surface area contributed by atoms with Crippen LogP contribution in [0.5, 0.6) is 5.75 Å². The smallest absolute Gasteiger partial charge is 0.133 e. The molecule has 0 aliphatic carbocycles. The van der Waals surface area contributed by atoms with Crippen LogP contribution < -0.4 is 10.1 Å². The maximum Gasteiger partial charge on any atom is 0.133 e. The van der Waals surface area contributed by atoms with Gasteiger partial charge in [-0.2, -0.15) is 0 Å². The Balaban J connectivity index is 1.91. The fourth-order valence-electron chi connectivity index (χ4n) is 2.19. The van der Waals surface area contributed by atoms with E-state index in [4.69, 9.17) is 4.74 Å². The van der Waals surface area contributed by atoms with Gasteiger partial charge in [0, 0.05) is 6.04 Å². The fraction of sp³-hybridized carbons (Fsp3) is 0.294. The summed E-state index contributed by atoms with van der Waals surface area (Å²) in [6.45, 7) is 2.82. The lowest BCUT2D eigenvalue weighted by Gasteiger charge is -2.15. The summed E-state index contributed by atoms with van der Waals surface area (Å²) in [5.41, 5.74) is 1.91. The van der Waals surface area contributed by atoms with E-state index < -0.39 is 0 Å². The molecule has 112 valence electrons. The van der Waals surface area contributed by atoms with Crippen molar-refractivity contribution in [3.8, 4) is 5.75 Å². The third kappa shape index (κ3) is 4.29. The van der Waals surface area contributed by atoms with Gasteiger partial charge in [0.15, 0.2) is 0 Å². The Morgan fingerprint density at radius 1 is 1.24 bits per heavy atom. The van der Waals surface area contributed by atoms with E-state index in [2.05, 4.69) is 28.2 Å². The Morgan fingerprint density at radius 3 is 2.67 bits per heavy atom. The predicted octanol–water partition coefficient (Wildman–Crippen LogP) is 4.49. The quantitative estimate of drug-likeness (QED) is 0.827.